The molecule has 3 heteroatoms. The van der Waals surface area contributed by atoms with Gasteiger partial charge in [0.1, 0.15) is 0 Å². The van der Waals surface area contributed by atoms with Crippen LogP contribution in [0.25, 0.3) is 0 Å². The number of hydrogen-bond donors (Lipinski definition) is 1. The molecular weight excluding hydrogens is 224 g/mol. The number of hydrogen-bond acceptors (Lipinski definition) is 3. The number of rotatable bonds is 8. The van der Waals surface area contributed by atoms with Crippen LogP contribution in [0.15, 0.2) is 12.7 Å². The summed E-state index contributed by atoms with van der Waals surface area (Å²) >= 11 is 0. The smallest absolute Gasteiger partial charge is 0.0593 e. The van der Waals surface area contributed by atoms with E-state index in [-0.39, 0.29) is 5.54 Å². The third kappa shape index (κ3) is 4.71. The lowest BCUT2D eigenvalue weighted by Crippen LogP contribution is -2.62. The van der Waals surface area contributed by atoms with Crippen LogP contribution in [0.4, 0.5) is 0 Å². The summed E-state index contributed by atoms with van der Waals surface area (Å²) < 4.78 is 5.64. The first kappa shape index (κ1) is 15.7. The summed E-state index contributed by atoms with van der Waals surface area (Å²) in [4.78, 5) is 2.59. The molecule has 2 unspecified atom stereocenters. The van der Waals surface area contributed by atoms with E-state index in [1.54, 1.807) is 0 Å². The Balaban J connectivity index is 2.35. The summed E-state index contributed by atoms with van der Waals surface area (Å²) in [5.41, 5.74) is 0.271. The summed E-state index contributed by atoms with van der Waals surface area (Å²) in [6, 6.07) is 0.660. The van der Waals surface area contributed by atoms with Gasteiger partial charge < -0.3 is 10.1 Å². The number of nitrogens with one attached hydrogen (secondary N) is 1. The number of nitrogens with zero attached hydrogens (tertiary/aromatic N) is 1. The largest absolute Gasteiger partial charge is 0.380 e. The third-order valence-corrected chi connectivity index (χ3v) is 4.07. The SMILES string of the molecule is C=CCCOCCN1CC(C)(CC)NCC1CC. The highest BCUT2D eigenvalue weighted by molar-refractivity contribution is 4.93. The minimum Gasteiger partial charge on any atom is -0.380 e. The van der Waals surface area contributed by atoms with Crippen LogP contribution in [-0.4, -0.2) is 49.3 Å². The first-order valence-electron chi connectivity index (χ1n) is 7.33. The summed E-state index contributed by atoms with van der Waals surface area (Å²) in [6.45, 7) is 15.5. The zero-order valence-electron chi connectivity index (χ0n) is 12.4. The van der Waals surface area contributed by atoms with Crippen LogP contribution in [0.3, 0.4) is 0 Å². The van der Waals surface area contributed by atoms with Gasteiger partial charge >= 0.3 is 0 Å². The Bertz CT molecular complexity index is 245. The second kappa shape index (κ2) is 7.93. The summed E-state index contributed by atoms with van der Waals surface area (Å²) in [6.07, 6.45) is 5.25. The molecule has 18 heavy (non-hydrogen) atoms. The molecule has 1 aliphatic rings. The van der Waals surface area contributed by atoms with E-state index in [1.807, 2.05) is 6.08 Å². The van der Waals surface area contributed by atoms with Gasteiger partial charge in [-0.2, -0.15) is 0 Å². The molecule has 1 rings (SSSR count). The molecule has 0 aromatic heterocycles. The molecule has 1 N–H and O–H groups in total. The lowest BCUT2D eigenvalue weighted by molar-refractivity contribution is 0.0436. The normalized spacial score (nSPS) is 29.4. The maximum atomic E-state index is 5.64. The van der Waals surface area contributed by atoms with Gasteiger partial charge in [-0.05, 0) is 26.2 Å². The predicted octanol–water partition coefficient (Wildman–Crippen LogP) is 2.43. The molecule has 106 valence electrons. The highest BCUT2D eigenvalue weighted by Gasteiger charge is 2.33. The minimum atomic E-state index is 0.271. The second-order valence-corrected chi connectivity index (χ2v) is 5.52. The molecule has 2 atom stereocenters. The van der Waals surface area contributed by atoms with Crippen LogP contribution in [0.1, 0.15) is 40.0 Å². The lowest BCUT2D eigenvalue weighted by atomic mass is 9.93. The Kier molecular flexibility index (Phi) is 6.90. The summed E-state index contributed by atoms with van der Waals surface area (Å²) in [7, 11) is 0. The Morgan fingerprint density at radius 1 is 1.44 bits per heavy atom. The maximum absolute atomic E-state index is 5.64. The van der Waals surface area contributed by atoms with Crippen molar-refractivity contribution in [1.82, 2.24) is 10.2 Å². The first-order valence-corrected chi connectivity index (χ1v) is 7.33. The van der Waals surface area contributed by atoms with Crippen LogP contribution >= 0.6 is 0 Å². The molecule has 1 heterocycles. The van der Waals surface area contributed by atoms with E-state index in [1.165, 1.54) is 12.8 Å². The standard InChI is InChI=1S/C15H30N2O/c1-5-8-10-18-11-9-17-13-15(4,7-3)16-12-14(17)6-2/h5,14,16H,1,6-13H2,2-4H3. The van der Waals surface area contributed by atoms with Gasteiger partial charge in [0, 0.05) is 31.2 Å². The zero-order chi connectivity index (χ0) is 13.4. The molecule has 1 fully saturated rings. The van der Waals surface area contributed by atoms with E-state index in [0.717, 1.165) is 39.3 Å². The molecule has 0 aromatic rings. The molecule has 0 aliphatic carbocycles. The minimum absolute atomic E-state index is 0.271. The molecular formula is C15H30N2O. The van der Waals surface area contributed by atoms with Crippen LogP contribution in [0.2, 0.25) is 0 Å². The zero-order valence-corrected chi connectivity index (χ0v) is 12.4. The van der Waals surface area contributed by atoms with Crippen molar-refractivity contribution in [1.29, 1.82) is 0 Å². The molecule has 0 spiro atoms. The van der Waals surface area contributed by atoms with Crippen LogP contribution in [0.5, 0.6) is 0 Å². The number of piperazine rings is 1. The summed E-state index contributed by atoms with van der Waals surface area (Å²) in [5, 5.41) is 3.69. The average Bonchev–Trinajstić information content (AvgIpc) is 2.39. The topological polar surface area (TPSA) is 24.5 Å². The summed E-state index contributed by atoms with van der Waals surface area (Å²) in [5.74, 6) is 0. The molecule has 0 saturated carbocycles. The fraction of sp³-hybridized carbons (Fsp3) is 0.867. The molecule has 0 aromatic carbocycles. The Morgan fingerprint density at radius 3 is 2.83 bits per heavy atom. The first-order chi connectivity index (χ1) is 8.65. The van der Waals surface area contributed by atoms with Gasteiger partial charge in [0.2, 0.25) is 0 Å². The van der Waals surface area contributed by atoms with Crippen molar-refractivity contribution < 1.29 is 4.74 Å². The second-order valence-electron chi connectivity index (χ2n) is 5.52. The molecule has 0 radical (unpaired) electrons. The Morgan fingerprint density at radius 2 is 2.22 bits per heavy atom. The van der Waals surface area contributed by atoms with Crippen molar-refractivity contribution in [3.05, 3.63) is 12.7 Å². The highest BCUT2D eigenvalue weighted by Crippen LogP contribution is 2.19. The fourth-order valence-corrected chi connectivity index (χ4v) is 2.48. The van der Waals surface area contributed by atoms with Crippen LogP contribution in [-0.2, 0) is 4.74 Å². The van der Waals surface area contributed by atoms with Crippen molar-refractivity contribution in [2.24, 2.45) is 0 Å². The predicted molar refractivity (Wildman–Crippen MR) is 78.0 cm³/mol. The quantitative estimate of drug-likeness (QED) is 0.532. The fourth-order valence-electron chi connectivity index (χ4n) is 2.48. The van der Waals surface area contributed by atoms with Gasteiger partial charge in [0.25, 0.3) is 0 Å². The van der Waals surface area contributed by atoms with Crippen molar-refractivity contribution in [2.45, 2.75) is 51.6 Å². The van der Waals surface area contributed by atoms with Crippen LogP contribution in [0, 0.1) is 0 Å². The van der Waals surface area contributed by atoms with Gasteiger partial charge in [0.05, 0.1) is 13.2 Å². The van der Waals surface area contributed by atoms with Gasteiger partial charge in [-0.1, -0.05) is 19.9 Å². The van der Waals surface area contributed by atoms with Crippen molar-refractivity contribution in [2.75, 3.05) is 32.8 Å². The Hall–Kier alpha value is -0.380. The van der Waals surface area contributed by atoms with E-state index in [4.69, 9.17) is 4.74 Å². The van der Waals surface area contributed by atoms with Gasteiger partial charge in [-0.3, -0.25) is 4.90 Å². The van der Waals surface area contributed by atoms with Gasteiger partial charge in [-0.25, -0.2) is 0 Å². The Labute approximate surface area is 113 Å². The molecule has 0 amide bonds. The van der Waals surface area contributed by atoms with Crippen molar-refractivity contribution >= 4 is 0 Å². The third-order valence-electron chi connectivity index (χ3n) is 4.07. The number of ether oxygens (including phenoxy) is 1. The average molecular weight is 254 g/mol. The van der Waals surface area contributed by atoms with E-state index in [9.17, 15) is 0 Å². The maximum Gasteiger partial charge on any atom is 0.0593 e. The van der Waals surface area contributed by atoms with Crippen molar-refractivity contribution in [3.63, 3.8) is 0 Å². The highest BCUT2D eigenvalue weighted by atomic mass is 16.5. The van der Waals surface area contributed by atoms with Gasteiger partial charge in [-0.15, -0.1) is 6.58 Å². The lowest BCUT2D eigenvalue weighted by Gasteiger charge is -2.46. The molecule has 1 saturated heterocycles. The monoisotopic (exact) mass is 254 g/mol. The van der Waals surface area contributed by atoms with E-state index < -0.39 is 0 Å². The van der Waals surface area contributed by atoms with E-state index >= 15 is 0 Å². The van der Waals surface area contributed by atoms with Gasteiger partial charge in [0.15, 0.2) is 0 Å². The molecule has 0 bridgehead atoms. The van der Waals surface area contributed by atoms with Crippen molar-refractivity contribution in [3.8, 4) is 0 Å². The van der Waals surface area contributed by atoms with Crippen LogP contribution < -0.4 is 5.32 Å². The molecule has 3 nitrogen and oxygen atoms in total. The molecule has 1 aliphatic heterocycles. The van der Waals surface area contributed by atoms with E-state index in [0.29, 0.717) is 6.04 Å². The van der Waals surface area contributed by atoms with E-state index in [2.05, 4.69) is 37.6 Å².